The first kappa shape index (κ1) is 13.5. The number of hydrogen-bond donors (Lipinski definition) is 4. The van der Waals surface area contributed by atoms with Gasteiger partial charge in [0.2, 0.25) is 0 Å². The Morgan fingerprint density at radius 2 is 1.95 bits per heavy atom. The Morgan fingerprint density at radius 3 is 2.67 bits per heavy atom. The number of benzene rings is 1. The molecule has 1 amide bonds. The zero-order chi connectivity index (χ0) is 14.8. The molecule has 4 N–H and O–H groups in total. The van der Waals surface area contributed by atoms with Gasteiger partial charge in [-0.2, -0.15) is 0 Å². The van der Waals surface area contributed by atoms with Crippen LogP contribution in [0, 0.1) is 0 Å². The Hall–Kier alpha value is -2.45. The van der Waals surface area contributed by atoms with Gasteiger partial charge >= 0.3 is 11.1 Å². The fourth-order valence-corrected chi connectivity index (χ4v) is 2.15. The molecule has 3 rings (SSSR count). The lowest BCUT2D eigenvalue weighted by Gasteiger charge is -2.22. The third-order valence-electron chi connectivity index (χ3n) is 3.21. The number of ether oxygens (including phenoxy) is 1. The molecular formula is C13H14N4O4. The van der Waals surface area contributed by atoms with E-state index in [1.54, 1.807) is 18.2 Å². The van der Waals surface area contributed by atoms with Crippen molar-refractivity contribution in [3.63, 3.8) is 0 Å². The van der Waals surface area contributed by atoms with Crippen molar-refractivity contribution in [2.24, 2.45) is 0 Å². The Morgan fingerprint density at radius 1 is 1.19 bits per heavy atom. The number of H-pyrrole nitrogens is 2. The predicted molar refractivity (Wildman–Crippen MR) is 76.4 cm³/mol. The highest BCUT2D eigenvalue weighted by Gasteiger charge is 2.21. The molecule has 1 atom stereocenters. The number of aromatic amines is 2. The molecule has 1 aliphatic rings. The van der Waals surface area contributed by atoms with Crippen LogP contribution in [0.15, 0.2) is 27.8 Å². The first-order valence-corrected chi connectivity index (χ1v) is 6.53. The molecule has 1 saturated heterocycles. The monoisotopic (exact) mass is 290 g/mol. The maximum absolute atomic E-state index is 12.0. The number of carbonyl (C=O) groups is 1. The highest BCUT2D eigenvalue weighted by atomic mass is 16.5. The number of rotatable bonds is 2. The summed E-state index contributed by atoms with van der Waals surface area (Å²) in [4.78, 5) is 39.4. The van der Waals surface area contributed by atoms with E-state index in [1.807, 2.05) is 0 Å². The lowest BCUT2D eigenvalue weighted by Crippen LogP contribution is -2.45. The molecule has 1 aliphatic heterocycles. The molecule has 1 aromatic carbocycles. The third-order valence-corrected chi connectivity index (χ3v) is 3.21. The van der Waals surface area contributed by atoms with Gasteiger partial charge in [-0.3, -0.25) is 14.4 Å². The molecule has 21 heavy (non-hydrogen) atoms. The van der Waals surface area contributed by atoms with Crippen LogP contribution in [-0.4, -0.2) is 41.7 Å². The Balaban J connectivity index is 1.84. The van der Waals surface area contributed by atoms with Crippen molar-refractivity contribution in [3.05, 3.63) is 38.9 Å². The van der Waals surface area contributed by atoms with Gasteiger partial charge in [-0.05, 0) is 18.2 Å². The van der Waals surface area contributed by atoms with Gasteiger partial charge in [0, 0.05) is 18.8 Å². The van der Waals surface area contributed by atoms with Crippen LogP contribution in [0.3, 0.4) is 0 Å². The van der Waals surface area contributed by atoms with E-state index in [4.69, 9.17) is 4.74 Å². The van der Waals surface area contributed by atoms with Crippen LogP contribution in [0.5, 0.6) is 0 Å². The van der Waals surface area contributed by atoms with E-state index in [2.05, 4.69) is 20.6 Å². The Kier molecular flexibility index (Phi) is 3.55. The number of anilines is 1. The third kappa shape index (κ3) is 2.86. The smallest absolute Gasteiger partial charge is 0.314 e. The van der Waals surface area contributed by atoms with Crippen LogP contribution in [-0.2, 0) is 9.53 Å². The molecule has 2 heterocycles. The summed E-state index contributed by atoms with van der Waals surface area (Å²) in [6.07, 6.45) is -0.538. The minimum atomic E-state index is -0.731. The molecule has 1 fully saturated rings. The maximum atomic E-state index is 12.0. The van der Waals surface area contributed by atoms with E-state index in [0.717, 1.165) is 6.54 Å². The van der Waals surface area contributed by atoms with Gasteiger partial charge in [0.15, 0.2) is 0 Å². The molecule has 0 bridgehead atoms. The molecule has 0 saturated carbocycles. The molecule has 8 nitrogen and oxygen atoms in total. The second-order valence-corrected chi connectivity index (χ2v) is 4.72. The molecule has 0 spiro atoms. The average molecular weight is 290 g/mol. The summed E-state index contributed by atoms with van der Waals surface area (Å²) in [6.45, 7) is 1.68. The average Bonchev–Trinajstić information content (AvgIpc) is 2.49. The van der Waals surface area contributed by atoms with Crippen molar-refractivity contribution in [1.82, 2.24) is 15.3 Å². The molecule has 8 heteroatoms. The first-order chi connectivity index (χ1) is 10.1. The zero-order valence-electron chi connectivity index (χ0n) is 11.1. The lowest BCUT2D eigenvalue weighted by atomic mass is 10.2. The highest BCUT2D eigenvalue weighted by molar-refractivity contribution is 5.96. The van der Waals surface area contributed by atoms with Gasteiger partial charge < -0.3 is 25.3 Å². The largest absolute Gasteiger partial charge is 0.366 e. The summed E-state index contributed by atoms with van der Waals surface area (Å²) in [6, 6.07) is 4.84. The summed E-state index contributed by atoms with van der Waals surface area (Å²) < 4.78 is 5.35. The molecular weight excluding hydrogens is 276 g/mol. The maximum Gasteiger partial charge on any atom is 0.314 e. The number of carbonyl (C=O) groups excluding carboxylic acids is 1. The summed E-state index contributed by atoms with van der Waals surface area (Å²) in [5, 5.41) is 5.79. The molecule has 0 aliphatic carbocycles. The first-order valence-electron chi connectivity index (χ1n) is 6.53. The lowest BCUT2D eigenvalue weighted by molar-refractivity contribution is -0.128. The van der Waals surface area contributed by atoms with E-state index in [-0.39, 0.29) is 5.91 Å². The van der Waals surface area contributed by atoms with Crippen LogP contribution < -0.4 is 21.8 Å². The Bertz CT molecular complexity index is 789. The second kappa shape index (κ2) is 5.51. The predicted octanol–water partition coefficient (Wildman–Crippen LogP) is -0.857. The Labute approximate surface area is 118 Å². The van der Waals surface area contributed by atoms with Crippen LogP contribution >= 0.6 is 0 Å². The van der Waals surface area contributed by atoms with E-state index in [9.17, 15) is 14.4 Å². The quantitative estimate of drug-likeness (QED) is 0.537. The number of hydrogen-bond acceptors (Lipinski definition) is 5. The summed E-state index contributed by atoms with van der Waals surface area (Å²) in [5.74, 6) is -0.256. The number of aromatic nitrogens is 2. The molecule has 110 valence electrons. The summed E-state index contributed by atoms with van der Waals surface area (Å²) in [7, 11) is 0. The molecule has 1 aromatic heterocycles. The van der Waals surface area contributed by atoms with E-state index in [1.165, 1.54) is 0 Å². The van der Waals surface area contributed by atoms with Crippen molar-refractivity contribution in [2.45, 2.75) is 6.10 Å². The summed E-state index contributed by atoms with van der Waals surface area (Å²) >= 11 is 0. The summed E-state index contributed by atoms with van der Waals surface area (Å²) in [5.41, 5.74) is 0.0180. The molecule has 2 aromatic rings. The fraction of sp³-hybridized carbons (Fsp3) is 0.308. The number of nitrogens with one attached hydrogen (secondary N) is 4. The van der Waals surface area contributed by atoms with Crippen molar-refractivity contribution in [3.8, 4) is 0 Å². The van der Waals surface area contributed by atoms with Crippen LogP contribution in [0.1, 0.15) is 0 Å². The topological polar surface area (TPSA) is 116 Å². The van der Waals surface area contributed by atoms with Gasteiger partial charge in [-0.15, -0.1) is 0 Å². The minimum absolute atomic E-state index is 0.256. The number of fused-ring (bicyclic) bond motifs is 1. The number of morpholine rings is 1. The van der Waals surface area contributed by atoms with E-state index < -0.39 is 17.2 Å². The standard InChI is InChI=1S/C13H14N4O4/c18-11(10-6-14-3-4-21-10)15-7-1-2-8-9(5-7)17-13(20)12(19)16-8/h1-2,5,10,14H,3-4,6H2,(H,15,18)(H,16,19)(H,17,20). The van der Waals surface area contributed by atoms with Gasteiger partial charge in [-0.1, -0.05) is 0 Å². The minimum Gasteiger partial charge on any atom is -0.366 e. The normalized spacial score (nSPS) is 18.6. The number of amides is 1. The van der Waals surface area contributed by atoms with E-state index >= 15 is 0 Å². The zero-order valence-corrected chi connectivity index (χ0v) is 11.1. The van der Waals surface area contributed by atoms with Gasteiger partial charge in [-0.25, -0.2) is 0 Å². The van der Waals surface area contributed by atoms with Crippen molar-refractivity contribution < 1.29 is 9.53 Å². The van der Waals surface area contributed by atoms with E-state index in [0.29, 0.717) is 29.9 Å². The SMILES string of the molecule is O=C(Nc1ccc2[nH]c(=O)c(=O)[nH]c2c1)C1CNCCO1. The molecule has 0 radical (unpaired) electrons. The van der Waals surface area contributed by atoms with Gasteiger partial charge in [0.05, 0.1) is 17.6 Å². The van der Waals surface area contributed by atoms with Crippen molar-refractivity contribution >= 4 is 22.6 Å². The van der Waals surface area contributed by atoms with Gasteiger partial charge in [0.25, 0.3) is 5.91 Å². The fourth-order valence-electron chi connectivity index (χ4n) is 2.15. The molecule has 1 unspecified atom stereocenters. The second-order valence-electron chi connectivity index (χ2n) is 4.72. The van der Waals surface area contributed by atoms with Crippen LogP contribution in [0.4, 0.5) is 5.69 Å². The van der Waals surface area contributed by atoms with Gasteiger partial charge in [0.1, 0.15) is 6.10 Å². The van der Waals surface area contributed by atoms with Crippen LogP contribution in [0.25, 0.3) is 11.0 Å². The van der Waals surface area contributed by atoms with Crippen molar-refractivity contribution in [2.75, 3.05) is 25.0 Å². The highest BCUT2D eigenvalue weighted by Crippen LogP contribution is 2.14. The van der Waals surface area contributed by atoms with Crippen LogP contribution in [0.2, 0.25) is 0 Å². The van der Waals surface area contributed by atoms with Crippen molar-refractivity contribution in [1.29, 1.82) is 0 Å².